The molecule has 4 nitrogen and oxygen atoms in total. The van der Waals surface area contributed by atoms with E-state index in [2.05, 4.69) is 24.5 Å². The maximum Gasteiger partial charge on any atom is 0.416 e. The summed E-state index contributed by atoms with van der Waals surface area (Å²) in [5.74, 6) is -0.476. The summed E-state index contributed by atoms with van der Waals surface area (Å²) in [6.45, 7) is 8.07. The summed E-state index contributed by atoms with van der Waals surface area (Å²) in [6.07, 6.45) is -3.56. The molecular formula is C20H28F3N3OS. The molecule has 1 heterocycles. The maximum atomic E-state index is 13.1. The lowest BCUT2D eigenvalue weighted by Crippen LogP contribution is -2.40. The minimum Gasteiger partial charge on any atom is -0.363 e. The number of carbonyl (C=O) groups is 1. The summed E-state index contributed by atoms with van der Waals surface area (Å²) in [5, 5.41) is 6.52. The van der Waals surface area contributed by atoms with Gasteiger partial charge in [-0.1, -0.05) is 32.0 Å². The van der Waals surface area contributed by atoms with E-state index in [0.717, 1.165) is 18.6 Å². The Labute approximate surface area is 169 Å². The largest absolute Gasteiger partial charge is 0.416 e. The molecule has 1 aliphatic heterocycles. The minimum absolute atomic E-state index is 0.134. The molecule has 0 saturated carbocycles. The van der Waals surface area contributed by atoms with E-state index < -0.39 is 17.7 Å². The van der Waals surface area contributed by atoms with E-state index in [0.29, 0.717) is 42.8 Å². The molecule has 1 fully saturated rings. The number of hydrogen-bond donors (Lipinski definition) is 2. The molecule has 1 aromatic rings. The Morgan fingerprint density at radius 3 is 2.61 bits per heavy atom. The summed E-state index contributed by atoms with van der Waals surface area (Å²) in [7, 11) is 0. The van der Waals surface area contributed by atoms with Crippen molar-refractivity contribution in [2.24, 2.45) is 11.8 Å². The summed E-state index contributed by atoms with van der Waals surface area (Å²) >= 11 is 5.37. The number of hydrogen-bond acceptors (Lipinski definition) is 2. The Balaban J connectivity index is 2.24. The van der Waals surface area contributed by atoms with Gasteiger partial charge in [-0.3, -0.25) is 4.79 Å². The maximum absolute atomic E-state index is 13.1. The molecule has 0 aliphatic carbocycles. The standard InChI is InChI=1S/C20H28F3N3OS/c1-4-24-19(28)26-11-16(14-6-5-7-15(10-14)20(21,22)23)17(12-26)18(27)25-9-8-13(2)3/h5-7,10,13,16-17H,4,8-9,11-12H2,1-3H3,(H,24,28)(H,25,27)/t16-,17-/m0/s1. The highest BCUT2D eigenvalue weighted by Crippen LogP contribution is 2.36. The van der Waals surface area contributed by atoms with Crippen LogP contribution >= 0.6 is 12.2 Å². The van der Waals surface area contributed by atoms with Crippen LogP contribution in [0.15, 0.2) is 24.3 Å². The predicted octanol–water partition coefficient (Wildman–Crippen LogP) is 3.78. The lowest BCUT2D eigenvalue weighted by atomic mass is 9.87. The number of nitrogens with one attached hydrogen (secondary N) is 2. The quantitative estimate of drug-likeness (QED) is 0.694. The number of amides is 1. The number of benzene rings is 1. The number of likely N-dealkylation sites (tertiary alicyclic amines) is 1. The number of carbonyl (C=O) groups excluding carboxylic acids is 1. The number of rotatable bonds is 6. The second kappa shape index (κ2) is 9.58. The van der Waals surface area contributed by atoms with Crippen molar-refractivity contribution >= 4 is 23.2 Å². The molecule has 156 valence electrons. The first kappa shape index (κ1) is 22.5. The van der Waals surface area contributed by atoms with Gasteiger partial charge in [-0.05, 0) is 43.1 Å². The Bertz CT molecular complexity index is 694. The van der Waals surface area contributed by atoms with Crippen molar-refractivity contribution in [3.8, 4) is 0 Å². The SMILES string of the molecule is CCNC(=S)N1C[C@H](C(=O)NCCC(C)C)[C@H](c2cccc(C(F)(F)F)c2)C1. The molecule has 0 radical (unpaired) electrons. The molecule has 0 unspecified atom stereocenters. The molecule has 0 bridgehead atoms. The van der Waals surface area contributed by atoms with Gasteiger partial charge in [-0.25, -0.2) is 0 Å². The zero-order valence-corrected chi connectivity index (χ0v) is 17.3. The summed E-state index contributed by atoms with van der Waals surface area (Å²) in [6, 6.07) is 5.27. The molecule has 1 saturated heterocycles. The molecule has 1 aromatic carbocycles. The third-order valence-electron chi connectivity index (χ3n) is 4.93. The molecule has 8 heteroatoms. The third kappa shape index (κ3) is 5.83. The number of halogens is 3. The number of thiocarbonyl (C=S) groups is 1. The summed E-state index contributed by atoms with van der Waals surface area (Å²) in [4.78, 5) is 14.7. The van der Waals surface area contributed by atoms with Crippen molar-refractivity contribution in [3.63, 3.8) is 0 Å². The summed E-state index contributed by atoms with van der Waals surface area (Å²) < 4.78 is 39.4. The summed E-state index contributed by atoms with van der Waals surface area (Å²) in [5.41, 5.74) is -0.183. The van der Waals surface area contributed by atoms with E-state index in [4.69, 9.17) is 12.2 Å². The van der Waals surface area contributed by atoms with Gasteiger partial charge in [0.25, 0.3) is 0 Å². The van der Waals surface area contributed by atoms with Gasteiger partial charge in [0.15, 0.2) is 5.11 Å². The van der Waals surface area contributed by atoms with Crippen molar-refractivity contribution in [2.45, 2.75) is 39.3 Å². The zero-order chi connectivity index (χ0) is 20.9. The van der Waals surface area contributed by atoms with Crippen molar-refractivity contribution in [2.75, 3.05) is 26.2 Å². The lowest BCUT2D eigenvalue weighted by molar-refractivity contribution is -0.137. The van der Waals surface area contributed by atoms with Gasteiger partial charge in [0.2, 0.25) is 5.91 Å². The first-order valence-electron chi connectivity index (χ1n) is 9.61. The highest BCUT2D eigenvalue weighted by Gasteiger charge is 2.40. The van der Waals surface area contributed by atoms with Crippen molar-refractivity contribution in [3.05, 3.63) is 35.4 Å². The molecule has 2 N–H and O–H groups in total. The van der Waals surface area contributed by atoms with E-state index in [1.807, 2.05) is 11.8 Å². The van der Waals surface area contributed by atoms with Crippen molar-refractivity contribution in [1.82, 2.24) is 15.5 Å². The highest BCUT2D eigenvalue weighted by molar-refractivity contribution is 7.80. The van der Waals surface area contributed by atoms with Gasteiger partial charge < -0.3 is 15.5 Å². The number of alkyl halides is 3. The minimum atomic E-state index is -4.41. The Morgan fingerprint density at radius 2 is 2.00 bits per heavy atom. The van der Waals surface area contributed by atoms with Gasteiger partial charge in [0.1, 0.15) is 0 Å². The van der Waals surface area contributed by atoms with Gasteiger partial charge in [-0.2, -0.15) is 13.2 Å². The predicted molar refractivity (Wildman–Crippen MR) is 108 cm³/mol. The average Bonchev–Trinajstić information content (AvgIpc) is 3.06. The number of nitrogens with zero attached hydrogens (tertiary/aromatic N) is 1. The van der Waals surface area contributed by atoms with Gasteiger partial charge in [0.05, 0.1) is 11.5 Å². The van der Waals surface area contributed by atoms with Gasteiger partial charge >= 0.3 is 6.18 Å². The molecular weight excluding hydrogens is 387 g/mol. The van der Waals surface area contributed by atoms with E-state index in [9.17, 15) is 18.0 Å². The lowest BCUT2D eigenvalue weighted by Gasteiger charge is -2.20. The van der Waals surface area contributed by atoms with Crippen LogP contribution in [0.25, 0.3) is 0 Å². The van der Waals surface area contributed by atoms with Crippen LogP contribution in [-0.2, 0) is 11.0 Å². The van der Waals surface area contributed by atoms with E-state index in [1.165, 1.54) is 6.07 Å². The van der Waals surface area contributed by atoms with Crippen LogP contribution < -0.4 is 10.6 Å². The second-order valence-corrected chi connectivity index (χ2v) is 7.94. The Kier molecular flexibility index (Phi) is 7.69. The highest BCUT2D eigenvalue weighted by atomic mass is 32.1. The molecule has 28 heavy (non-hydrogen) atoms. The van der Waals surface area contributed by atoms with Crippen LogP contribution in [-0.4, -0.2) is 42.1 Å². The van der Waals surface area contributed by atoms with Crippen LogP contribution in [0.2, 0.25) is 0 Å². The molecule has 2 rings (SSSR count). The fraction of sp³-hybridized carbons (Fsp3) is 0.600. The molecule has 1 amide bonds. The van der Waals surface area contributed by atoms with Crippen LogP contribution in [0, 0.1) is 11.8 Å². The molecule has 0 spiro atoms. The van der Waals surface area contributed by atoms with E-state index >= 15 is 0 Å². The third-order valence-corrected chi connectivity index (χ3v) is 5.34. The smallest absolute Gasteiger partial charge is 0.363 e. The van der Waals surface area contributed by atoms with Crippen LogP contribution in [0.3, 0.4) is 0 Å². The van der Waals surface area contributed by atoms with Crippen LogP contribution in [0.5, 0.6) is 0 Å². The zero-order valence-electron chi connectivity index (χ0n) is 16.5. The van der Waals surface area contributed by atoms with E-state index in [-0.39, 0.29) is 11.8 Å². The molecule has 1 aliphatic rings. The Morgan fingerprint density at radius 1 is 1.29 bits per heavy atom. The van der Waals surface area contributed by atoms with Crippen LogP contribution in [0.4, 0.5) is 13.2 Å². The molecule has 2 atom stereocenters. The monoisotopic (exact) mass is 415 g/mol. The topological polar surface area (TPSA) is 44.4 Å². The second-order valence-electron chi connectivity index (χ2n) is 7.55. The molecule has 0 aromatic heterocycles. The van der Waals surface area contributed by atoms with Gasteiger partial charge in [-0.15, -0.1) is 0 Å². The Hall–Kier alpha value is -1.83. The first-order valence-corrected chi connectivity index (χ1v) is 10.0. The van der Waals surface area contributed by atoms with E-state index in [1.54, 1.807) is 6.07 Å². The van der Waals surface area contributed by atoms with Crippen LogP contribution in [0.1, 0.15) is 44.2 Å². The van der Waals surface area contributed by atoms with Crippen molar-refractivity contribution in [1.29, 1.82) is 0 Å². The average molecular weight is 416 g/mol. The van der Waals surface area contributed by atoms with Crippen molar-refractivity contribution < 1.29 is 18.0 Å². The fourth-order valence-electron chi connectivity index (χ4n) is 3.40. The fourth-order valence-corrected chi connectivity index (χ4v) is 3.69. The first-order chi connectivity index (χ1) is 13.1. The normalized spacial score (nSPS) is 19.8. The van der Waals surface area contributed by atoms with Gasteiger partial charge in [0, 0.05) is 32.1 Å².